The maximum Gasteiger partial charge on any atom is 0.294 e. The zero-order valence-electron chi connectivity index (χ0n) is 14.3. The van der Waals surface area contributed by atoms with Crippen LogP contribution in [-0.4, -0.2) is 38.7 Å². The fraction of sp³-hybridized carbons (Fsp3) is 0.111. The molecule has 9 heteroatoms. The van der Waals surface area contributed by atoms with Gasteiger partial charge < -0.3 is 15.1 Å². The molecular weight excluding hydrogens is 352 g/mol. The van der Waals surface area contributed by atoms with E-state index in [2.05, 4.69) is 15.5 Å². The number of benzene rings is 2. The number of nitrogens with one attached hydrogen (secondary N) is 1. The first kappa shape index (κ1) is 17.9. The van der Waals surface area contributed by atoms with E-state index in [0.717, 1.165) is 4.73 Å². The Balaban J connectivity index is 1.64. The molecule has 1 aromatic heterocycles. The van der Waals surface area contributed by atoms with Crippen molar-refractivity contribution < 1.29 is 19.8 Å². The van der Waals surface area contributed by atoms with Gasteiger partial charge in [-0.1, -0.05) is 12.1 Å². The molecule has 9 nitrogen and oxygen atoms in total. The highest BCUT2D eigenvalue weighted by Crippen LogP contribution is 2.23. The van der Waals surface area contributed by atoms with Crippen LogP contribution in [-0.2, 0) is 4.79 Å². The SMILES string of the molecule is Cc1nc2ccccc2c(=O)n1OCC(=O)NN=Cc1ccc(O)c(O)c1. The van der Waals surface area contributed by atoms with Crippen molar-refractivity contribution in [3.05, 3.63) is 64.2 Å². The van der Waals surface area contributed by atoms with E-state index in [-0.39, 0.29) is 11.5 Å². The second-order valence-electron chi connectivity index (χ2n) is 5.59. The Bertz CT molecular complexity index is 1090. The Hall–Kier alpha value is -3.88. The molecular formula is C18H16N4O5. The van der Waals surface area contributed by atoms with Crippen molar-refractivity contribution in [1.29, 1.82) is 0 Å². The molecule has 3 N–H and O–H groups in total. The fourth-order valence-electron chi connectivity index (χ4n) is 2.34. The topological polar surface area (TPSA) is 126 Å². The van der Waals surface area contributed by atoms with E-state index in [9.17, 15) is 19.8 Å². The normalized spacial score (nSPS) is 11.0. The molecule has 0 aliphatic heterocycles. The van der Waals surface area contributed by atoms with Gasteiger partial charge in [0.05, 0.1) is 17.1 Å². The third-order valence-electron chi connectivity index (χ3n) is 3.62. The molecule has 2 aromatic carbocycles. The number of phenols is 2. The number of aryl methyl sites for hydroxylation is 1. The Kier molecular flexibility index (Phi) is 5.02. The quantitative estimate of drug-likeness (QED) is 0.346. The van der Waals surface area contributed by atoms with Crippen molar-refractivity contribution >= 4 is 23.0 Å². The summed E-state index contributed by atoms with van der Waals surface area (Å²) in [7, 11) is 0. The number of phenolic OH excluding ortho intramolecular Hbond substituents is 2. The van der Waals surface area contributed by atoms with Gasteiger partial charge in [0.15, 0.2) is 18.1 Å². The van der Waals surface area contributed by atoms with Crippen LogP contribution in [0.5, 0.6) is 11.5 Å². The number of nitrogens with zero attached hydrogens (tertiary/aromatic N) is 3. The van der Waals surface area contributed by atoms with Crippen molar-refractivity contribution in [1.82, 2.24) is 15.1 Å². The number of para-hydroxylation sites is 1. The van der Waals surface area contributed by atoms with Crippen LogP contribution in [0.1, 0.15) is 11.4 Å². The summed E-state index contributed by atoms with van der Waals surface area (Å²) in [6, 6.07) is 10.9. The summed E-state index contributed by atoms with van der Waals surface area (Å²) in [5, 5.41) is 22.7. The molecule has 27 heavy (non-hydrogen) atoms. The van der Waals surface area contributed by atoms with Crippen LogP contribution in [0.4, 0.5) is 0 Å². The number of aromatic nitrogens is 2. The summed E-state index contributed by atoms with van der Waals surface area (Å²) in [6.45, 7) is 1.15. The molecule has 1 amide bonds. The van der Waals surface area contributed by atoms with Gasteiger partial charge in [-0.05, 0) is 42.8 Å². The maximum atomic E-state index is 12.4. The number of fused-ring (bicyclic) bond motifs is 1. The molecule has 0 saturated heterocycles. The molecule has 138 valence electrons. The highest BCUT2D eigenvalue weighted by molar-refractivity contribution is 5.83. The largest absolute Gasteiger partial charge is 0.504 e. The average molecular weight is 368 g/mol. The average Bonchev–Trinajstić information content (AvgIpc) is 2.64. The van der Waals surface area contributed by atoms with E-state index < -0.39 is 18.1 Å². The minimum Gasteiger partial charge on any atom is -0.504 e. The Labute approximate surface area is 153 Å². The van der Waals surface area contributed by atoms with Gasteiger partial charge in [-0.3, -0.25) is 9.59 Å². The first-order chi connectivity index (χ1) is 13.0. The maximum absolute atomic E-state index is 12.4. The highest BCUT2D eigenvalue weighted by Gasteiger charge is 2.10. The van der Waals surface area contributed by atoms with Crippen LogP contribution >= 0.6 is 0 Å². The molecule has 3 aromatic rings. The van der Waals surface area contributed by atoms with Crippen molar-refractivity contribution in [2.75, 3.05) is 6.61 Å². The van der Waals surface area contributed by atoms with E-state index in [0.29, 0.717) is 22.3 Å². The lowest BCUT2D eigenvalue weighted by molar-refractivity contribution is -0.126. The highest BCUT2D eigenvalue weighted by atomic mass is 16.7. The van der Waals surface area contributed by atoms with Gasteiger partial charge in [0, 0.05) is 0 Å². The van der Waals surface area contributed by atoms with Gasteiger partial charge in [-0.25, -0.2) is 10.4 Å². The number of hydrazone groups is 1. The molecule has 0 unspecified atom stereocenters. The monoisotopic (exact) mass is 368 g/mol. The Morgan fingerprint density at radius 3 is 2.81 bits per heavy atom. The number of amides is 1. The van der Waals surface area contributed by atoms with E-state index in [1.165, 1.54) is 24.4 Å². The number of hydrogen-bond donors (Lipinski definition) is 3. The minimum atomic E-state index is -0.589. The van der Waals surface area contributed by atoms with Gasteiger partial charge in [0.2, 0.25) is 0 Å². The zero-order valence-corrected chi connectivity index (χ0v) is 14.3. The van der Waals surface area contributed by atoms with E-state index in [1.54, 1.807) is 31.2 Å². The van der Waals surface area contributed by atoms with Crippen LogP contribution in [0.25, 0.3) is 10.9 Å². The third kappa shape index (κ3) is 4.03. The second kappa shape index (κ2) is 7.56. The van der Waals surface area contributed by atoms with Crippen molar-refractivity contribution in [2.24, 2.45) is 5.10 Å². The number of carbonyl (C=O) groups excluding carboxylic acids is 1. The molecule has 3 rings (SSSR count). The molecule has 0 bridgehead atoms. The van der Waals surface area contributed by atoms with Crippen molar-refractivity contribution in [3.63, 3.8) is 0 Å². The zero-order chi connectivity index (χ0) is 19.4. The lowest BCUT2D eigenvalue weighted by atomic mass is 10.2. The molecule has 0 spiro atoms. The minimum absolute atomic E-state index is 0.255. The summed E-state index contributed by atoms with van der Waals surface area (Å²) in [4.78, 5) is 33.8. The second-order valence-corrected chi connectivity index (χ2v) is 5.59. The molecule has 0 aliphatic rings. The van der Waals surface area contributed by atoms with Gasteiger partial charge in [0.25, 0.3) is 11.5 Å². The molecule has 1 heterocycles. The van der Waals surface area contributed by atoms with Crippen molar-refractivity contribution in [2.45, 2.75) is 6.92 Å². The molecule has 0 atom stereocenters. The van der Waals surface area contributed by atoms with E-state index in [1.807, 2.05) is 0 Å². The van der Waals surface area contributed by atoms with Gasteiger partial charge in [0.1, 0.15) is 5.82 Å². The van der Waals surface area contributed by atoms with Gasteiger partial charge in [-0.2, -0.15) is 5.10 Å². The Morgan fingerprint density at radius 2 is 2.04 bits per heavy atom. The summed E-state index contributed by atoms with van der Waals surface area (Å²) in [6.07, 6.45) is 1.28. The first-order valence-electron chi connectivity index (χ1n) is 7.91. The van der Waals surface area contributed by atoms with Crippen LogP contribution < -0.4 is 15.8 Å². The van der Waals surface area contributed by atoms with Crippen LogP contribution in [0.15, 0.2) is 52.4 Å². The van der Waals surface area contributed by atoms with E-state index in [4.69, 9.17) is 4.84 Å². The molecule has 0 aliphatic carbocycles. The fourth-order valence-corrected chi connectivity index (χ4v) is 2.34. The number of aromatic hydroxyl groups is 2. The number of carbonyl (C=O) groups is 1. The lowest BCUT2D eigenvalue weighted by Gasteiger charge is -2.11. The molecule has 0 radical (unpaired) electrons. The van der Waals surface area contributed by atoms with Gasteiger partial charge in [-0.15, -0.1) is 4.73 Å². The standard InChI is InChI=1S/C18H16N4O5/c1-11-20-14-5-3-2-4-13(14)18(26)22(11)27-10-17(25)21-19-9-12-6-7-15(23)16(24)8-12/h2-9,23-24H,10H2,1H3,(H,21,25). The predicted molar refractivity (Wildman–Crippen MR) is 97.7 cm³/mol. The molecule has 0 saturated carbocycles. The lowest BCUT2D eigenvalue weighted by Crippen LogP contribution is -2.35. The third-order valence-corrected chi connectivity index (χ3v) is 3.62. The first-order valence-corrected chi connectivity index (χ1v) is 7.91. The summed E-state index contributed by atoms with van der Waals surface area (Å²) < 4.78 is 0.962. The Morgan fingerprint density at radius 1 is 1.26 bits per heavy atom. The van der Waals surface area contributed by atoms with Crippen LogP contribution in [0.3, 0.4) is 0 Å². The predicted octanol–water partition coefficient (Wildman–Crippen LogP) is 0.695. The van der Waals surface area contributed by atoms with Crippen LogP contribution in [0, 0.1) is 6.92 Å². The number of hydrogen-bond acceptors (Lipinski definition) is 7. The van der Waals surface area contributed by atoms with Crippen molar-refractivity contribution in [3.8, 4) is 11.5 Å². The molecule has 0 fully saturated rings. The summed E-state index contributed by atoms with van der Waals surface area (Å²) in [5.41, 5.74) is 2.85. The number of rotatable bonds is 5. The summed E-state index contributed by atoms with van der Waals surface area (Å²) >= 11 is 0. The van der Waals surface area contributed by atoms with Gasteiger partial charge >= 0.3 is 0 Å². The van der Waals surface area contributed by atoms with E-state index >= 15 is 0 Å². The van der Waals surface area contributed by atoms with Crippen LogP contribution in [0.2, 0.25) is 0 Å². The summed E-state index contributed by atoms with van der Waals surface area (Å²) in [5.74, 6) is -0.829. The smallest absolute Gasteiger partial charge is 0.294 e.